The average molecular weight is 307 g/mol. The second-order valence-corrected chi connectivity index (χ2v) is 5.24. The number of hydrogen-bond acceptors (Lipinski definition) is 4. The first-order valence-corrected chi connectivity index (χ1v) is 7.97. The van der Waals surface area contributed by atoms with E-state index in [1.54, 1.807) is 6.07 Å². The monoisotopic (exact) mass is 307 g/mol. The summed E-state index contributed by atoms with van der Waals surface area (Å²) in [4.78, 5) is 12.2. The van der Waals surface area contributed by atoms with Crippen molar-refractivity contribution < 1.29 is 19.0 Å². The second-order valence-electron chi connectivity index (χ2n) is 5.24. The second kappa shape index (κ2) is 8.76. The van der Waals surface area contributed by atoms with E-state index in [1.165, 1.54) is 0 Å². The zero-order chi connectivity index (χ0) is 15.8. The maximum atomic E-state index is 12.2. The third-order valence-electron chi connectivity index (χ3n) is 3.60. The minimum Gasteiger partial charge on any atom is -0.494 e. The van der Waals surface area contributed by atoms with Crippen molar-refractivity contribution in [2.75, 3.05) is 26.4 Å². The topological polar surface area (TPSA) is 56.8 Å². The van der Waals surface area contributed by atoms with Gasteiger partial charge in [0.15, 0.2) is 0 Å². The number of carbonyl (C=O) groups excluding carboxylic acids is 1. The van der Waals surface area contributed by atoms with Crippen LogP contribution in [0.15, 0.2) is 18.2 Å². The van der Waals surface area contributed by atoms with E-state index in [1.807, 2.05) is 26.0 Å². The van der Waals surface area contributed by atoms with Gasteiger partial charge in [-0.05, 0) is 44.9 Å². The molecule has 1 aromatic carbocycles. The molecular weight excluding hydrogens is 282 g/mol. The Bertz CT molecular complexity index is 484. The molecule has 1 N–H and O–H groups in total. The maximum absolute atomic E-state index is 12.2. The third-order valence-corrected chi connectivity index (χ3v) is 3.60. The highest BCUT2D eigenvalue weighted by atomic mass is 16.5. The summed E-state index contributed by atoms with van der Waals surface area (Å²) in [5.74, 6) is 0.683. The van der Waals surface area contributed by atoms with E-state index in [9.17, 15) is 4.79 Å². The van der Waals surface area contributed by atoms with Crippen molar-refractivity contribution in [3.63, 3.8) is 0 Å². The Morgan fingerprint density at radius 3 is 2.91 bits per heavy atom. The Balaban J connectivity index is 2.00. The molecule has 5 heteroatoms. The lowest BCUT2D eigenvalue weighted by Gasteiger charge is -2.14. The van der Waals surface area contributed by atoms with Gasteiger partial charge in [0.1, 0.15) is 5.75 Å². The van der Waals surface area contributed by atoms with Crippen LogP contribution in [-0.2, 0) is 16.1 Å². The molecule has 1 aromatic rings. The zero-order valence-corrected chi connectivity index (χ0v) is 13.4. The van der Waals surface area contributed by atoms with Crippen molar-refractivity contribution in [2.24, 2.45) is 0 Å². The molecule has 0 radical (unpaired) electrons. The minimum absolute atomic E-state index is 0.0868. The first kappa shape index (κ1) is 16.8. The Morgan fingerprint density at radius 1 is 1.36 bits per heavy atom. The largest absolute Gasteiger partial charge is 0.494 e. The van der Waals surface area contributed by atoms with Crippen LogP contribution in [0.25, 0.3) is 0 Å². The molecule has 0 aromatic heterocycles. The number of amides is 1. The maximum Gasteiger partial charge on any atom is 0.251 e. The Hall–Kier alpha value is -1.59. The van der Waals surface area contributed by atoms with Gasteiger partial charge in [-0.2, -0.15) is 0 Å². The van der Waals surface area contributed by atoms with Crippen LogP contribution in [0, 0.1) is 0 Å². The predicted molar refractivity (Wildman–Crippen MR) is 84.2 cm³/mol. The summed E-state index contributed by atoms with van der Waals surface area (Å²) in [7, 11) is 0. The summed E-state index contributed by atoms with van der Waals surface area (Å²) >= 11 is 0. The van der Waals surface area contributed by atoms with Crippen molar-refractivity contribution in [1.29, 1.82) is 0 Å². The molecule has 5 nitrogen and oxygen atoms in total. The summed E-state index contributed by atoms with van der Waals surface area (Å²) < 4.78 is 16.5. The quantitative estimate of drug-likeness (QED) is 0.802. The molecule has 0 bridgehead atoms. The van der Waals surface area contributed by atoms with Gasteiger partial charge in [0, 0.05) is 30.9 Å². The predicted octanol–water partition coefficient (Wildman–Crippen LogP) is 2.53. The molecule has 22 heavy (non-hydrogen) atoms. The van der Waals surface area contributed by atoms with Crippen molar-refractivity contribution in [3.8, 4) is 5.75 Å². The van der Waals surface area contributed by atoms with E-state index in [-0.39, 0.29) is 12.0 Å². The van der Waals surface area contributed by atoms with Crippen LogP contribution >= 0.6 is 0 Å². The van der Waals surface area contributed by atoms with Gasteiger partial charge in [0.2, 0.25) is 0 Å². The number of benzene rings is 1. The fourth-order valence-corrected chi connectivity index (χ4v) is 2.46. The molecule has 1 heterocycles. The fourth-order valence-electron chi connectivity index (χ4n) is 2.46. The van der Waals surface area contributed by atoms with Crippen molar-refractivity contribution in [2.45, 2.75) is 39.4 Å². The molecule has 1 saturated heterocycles. The summed E-state index contributed by atoms with van der Waals surface area (Å²) in [6.45, 7) is 6.89. The van der Waals surface area contributed by atoms with E-state index >= 15 is 0 Å². The molecule has 122 valence electrons. The smallest absolute Gasteiger partial charge is 0.251 e. The van der Waals surface area contributed by atoms with Crippen LogP contribution in [0.2, 0.25) is 0 Å². The van der Waals surface area contributed by atoms with Gasteiger partial charge in [0.05, 0.1) is 19.3 Å². The number of nitrogens with one attached hydrogen (secondary N) is 1. The summed E-state index contributed by atoms with van der Waals surface area (Å²) in [6.07, 6.45) is 2.23. The van der Waals surface area contributed by atoms with E-state index in [4.69, 9.17) is 14.2 Å². The van der Waals surface area contributed by atoms with Crippen LogP contribution in [0.5, 0.6) is 5.75 Å². The van der Waals surface area contributed by atoms with Crippen molar-refractivity contribution in [1.82, 2.24) is 5.32 Å². The Labute approximate surface area is 131 Å². The minimum atomic E-state index is -0.0868. The average Bonchev–Trinajstić information content (AvgIpc) is 3.05. The van der Waals surface area contributed by atoms with E-state index in [0.717, 1.165) is 30.8 Å². The number of carbonyl (C=O) groups is 1. The standard InChI is InChI=1S/C17H25NO4/c1-3-20-12-14-10-13(7-8-16(14)21-4-2)17(19)18-11-15-6-5-9-22-15/h7-8,10,15H,3-6,9,11-12H2,1-2H3,(H,18,19)/t15-/m0/s1. The lowest BCUT2D eigenvalue weighted by Crippen LogP contribution is -2.31. The van der Waals surface area contributed by atoms with Crippen LogP contribution in [0.3, 0.4) is 0 Å². The van der Waals surface area contributed by atoms with Gasteiger partial charge >= 0.3 is 0 Å². The summed E-state index contributed by atoms with van der Waals surface area (Å²) in [6, 6.07) is 5.45. The number of rotatable bonds is 8. The lowest BCUT2D eigenvalue weighted by molar-refractivity contribution is 0.0857. The third kappa shape index (κ3) is 4.71. The Morgan fingerprint density at radius 2 is 2.23 bits per heavy atom. The van der Waals surface area contributed by atoms with Crippen LogP contribution in [0.1, 0.15) is 42.6 Å². The number of ether oxygens (including phenoxy) is 3. The fraction of sp³-hybridized carbons (Fsp3) is 0.588. The molecule has 1 amide bonds. The van der Waals surface area contributed by atoms with Gasteiger partial charge in [0.25, 0.3) is 5.91 Å². The van der Waals surface area contributed by atoms with Crippen LogP contribution in [-0.4, -0.2) is 38.4 Å². The summed E-state index contributed by atoms with van der Waals surface area (Å²) in [5, 5.41) is 2.93. The highest BCUT2D eigenvalue weighted by Gasteiger charge is 2.17. The molecule has 1 fully saturated rings. The molecule has 1 atom stereocenters. The molecular formula is C17H25NO4. The molecule has 1 aliphatic heterocycles. The van der Waals surface area contributed by atoms with Gasteiger partial charge in [-0.25, -0.2) is 0 Å². The van der Waals surface area contributed by atoms with E-state index < -0.39 is 0 Å². The molecule has 0 saturated carbocycles. The summed E-state index contributed by atoms with van der Waals surface area (Å²) in [5.41, 5.74) is 1.52. The number of hydrogen-bond donors (Lipinski definition) is 1. The van der Waals surface area contributed by atoms with Gasteiger partial charge < -0.3 is 19.5 Å². The first-order valence-electron chi connectivity index (χ1n) is 7.97. The molecule has 0 aliphatic carbocycles. The van der Waals surface area contributed by atoms with E-state index in [2.05, 4.69) is 5.32 Å². The zero-order valence-electron chi connectivity index (χ0n) is 13.4. The van der Waals surface area contributed by atoms with Crippen LogP contribution in [0.4, 0.5) is 0 Å². The van der Waals surface area contributed by atoms with Crippen molar-refractivity contribution in [3.05, 3.63) is 29.3 Å². The van der Waals surface area contributed by atoms with E-state index in [0.29, 0.717) is 31.9 Å². The van der Waals surface area contributed by atoms with Crippen LogP contribution < -0.4 is 10.1 Å². The molecule has 0 unspecified atom stereocenters. The normalized spacial score (nSPS) is 17.5. The first-order chi connectivity index (χ1) is 10.7. The molecule has 1 aliphatic rings. The highest BCUT2D eigenvalue weighted by Crippen LogP contribution is 2.21. The molecule has 2 rings (SSSR count). The highest BCUT2D eigenvalue weighted by molar-refractivity contribution is 5.94. The van der Waals surface area contributed by atoms with Crippen molar-refractivity contribution >= 4 is 5.91 Å². The van der Waals surface area contributed by atoms with Gasteiger partial charge in [-0.3, -0.25) is 4.79 Å². The van der Waals surface area contributed by atoms with Gasteiger partial charge in [-0.15, -0.1) is 0 Å². The lowest BCUT2D eigenvalue weighted by atomic mass is 10.1. The SMILES string of the molecule is CCOCc1cc(C(=O)NC[C@@H]2CCCO2)ccc1OCC. The Kier molecular flexibility index (Phi) is 6.68. The molecule has 0 spiro atoms. The van der Waals surface area contributed by atoms with Gasteiger partial charge in [-0.1, -0.05) is 0 Å².